The van der Waals surface area contributed by atoms with E-state index in [2.05, 4.69) is 0 Å². The second-order valence-electron chi connectivity index (χ2n) is 2.43. The fraction of sp³-hybridized carbons (Fsp3) is 0.667. The molecule has 0 heterocycles. The van der Waals surface area contributed by atoms with Crippen molar-refractivity contribution >= 4 is 52.9 Å². The molecule has 0 amide bonds. The minimum absolute atomic E-state index is 0. The van der Waals surface area contributed by atoms with Crippen LogP contribution < -0.4 is 0 Å². The minimum atomic E-state index is -0.878. The van der Waals surface area contributed by atoms with Crippen molar-refractivity contribution in [2.24, 2.45) is 0 Å². The molecule has 0 bridgehead atoms. The molecule has 12 heavy (non-hydrogen) atoms. The molecule has 1 N–H and O–H groups in total. The molecule has 0 aromatic heterocycles. The topological polar surface area (TPSA) is 43.8 Å². The number of likely N-dealkylation sites (N-methyl/N-ethyl adjacent to an activating group) is 1. The van der Waals surface area contributed by atoms with Crippen molar-refractivity contribution in [2.75, 3.05) is 27.7 Å². The van der Waals surface area contributed by atoms with Crippen LogP contribution in [0.5, 0.6) is 0 Å². The first kappa shape index (κ1) is 14.7. The molecule has 4 nitrogen and oxygen atoms in total. The molecule has 66 valence electrons. The van der Waals surface area contributed by atoms with E-state index < -0.39 is 5.97 Å². The summed E-state index contributed by atoms with van der Waals surface area (Å²) < 4.78 is 0. The van der Waals surface area contributed by atoms with Gasteiger partial charge in [0.1, 0.15) is 6.54 Å². The van der Waals surface area contributed by atoms with Gasteiger partial charge in [0.15, 0.2) is 5.11 Å². The monoisotopic (exact) mass is 200 g/mol. The van der Waals surface area contributed by atoms with E-state index >= 15 is 0 Å². The van der Waals surface area contributed by atoms with E-state index in [9.17, 15) is 4.79 Å². The van der Waals surface area contributed by atoms with Gasteiger partial charge < -0.3 is 14.9 Å². The first-order valence-corrected chi connectivity index (χ1v) is 3.50. The molecule has 0 radical (unpaired) electrons. The number of aliphatic carboxylic acids is 1. The number of carbonyl (C=O) groups is 1. The van der Waals surface area contributed by atoms with Crippen LogP contribution in [0.2, 0.25) is 0 Å². The Bertz CT molecular complexity index is 175. The molecule has 0 aliphatic heterocycles. The summed E-state index contributed by atoms with van der Waals surface area (Å²) in [7, 11) is 5.21. The Hall–Kier alpha value is 0.160. The quantitative estimate of drug-likeness (QED) is 0.467. The van der Waals surface area contributed by atoms with E-state index in [0.29, 0.717) is 5.11 Å². The number of rotatable bonds is 2. The summed E-state index contributed by atoms with van der Waals surface area (Å²) in [6, 6.07) is 0. The molecule has 6 heteroatoms. The molecule has 0 spiro atoms. The molecule has 0 aromatic rings. The molecule has 0 saturated heterocycles. The number of hydrogen-bond donors (Lipinski definition) is 1. The molecule has 0 aliphatic carbocycles. The summed E-state index contributed by atoms with van der Waals surface area (Å²) in [6.45, 7) is -0.0585. The van der Waals surface area contributed by atoms with Gasteiger partial charge in [0, 0.05) is 21.1 Å². The van der Waals surface area contributed by atoms with Gasteiger partial charge in [-0.3, -0.25) is 4.79 Å². The van der Waals surface area contributed by atoms with Crippen LogP contribution in [0.4, 0.5) is 0 Å². The van der Waals surface area contributed by atoms with Crippen LogP contribution in [0.3, 0.4) is 0 Å². The van der Waals surface area contributed by atoms with Gasteiger partial charge in [-0.25, -0.2) is 0 Å². The van der Waals surface area contributed by atoms with Crippen LogP contribution in [-0.4, -0.2) is 83.2 Å². The van der Waals surface area contributed by atoms with Crippen molar-refractivity contribution in [2.45, 2.75) is 0 Å². The average molecular weight is 200 g/mol. The summed E-state index contributed by atoms with van der Waals surface area (Å²) in [4.78, 5) is 13.4. The van der Waals surface area contributed by atoms with Gasteiger partial charge in [-0.2, -0.15) is 0 Å². The third kappa shape index (κ3) is 5.77. The summed E-state index contributed by atoms with van der Waals surface area (Å²) in [5.41, 5.74) is 0. The zero-order valence-corrected chi connectivity index (χ0v) is 7.68. The number of nitrogens with zero attached hydrogens (tertiary/aromatic N) is 2. The number of carboxylic acids is 1. The predicted molar refractivity (Wildman–Crippen MR) is 53.7 cm³/mol. The van der Waals surface area contributed by atoms with Gasteiger partial charge >= 0.3 is 35.5 Å². The molecular weight excluding hydrogens is 187 g/mol. The third-order valence-electron chi connectivity index (χ3n) is 1.08. The van der Waals surface area contributed by atoms with Crippen LogP contribution in [0.25, 0.3) is 0 Å². The van der Waals surface area contributed by atoms with Crippen molar-refractivity contribution in [1.82, 2.24) is 9.80 Å². The maximum atomic E-state index is 10.2. The molecule has 0 saturated carbocycles. The standard InChI is InChI=1S/C6H12N2O2S.Na.H/c1-7(2)6(11)8(3)4-5(9)10;;/h4H2,1-3H3,(H,9,10);;. The normalized spacial score (nSPS) is 8.25. The number of hydrogen-bond acceptors (Lipinski definition) is 2. The molecule has 0 fully saturated rings. The van der Waals surface area contributed by atoms with Crippen LogP contribution in [-0.2, 0) is 4.79 Å². The molecule has 0 rings (SSSR count). The van der Waals surface area contributed by atoms with Crippen molar-refractivity contribution in [3.8, 4) is 0 Å². The Labute approximate surface area is 99.8 Å². The molecule has 0 unspecified atom stereocenters. The Morgan fingerprint density at radius 1 is 1.42 bits per heavy atom. The first-order valence-electron chi connectivity index (χ1n) is 3.09. The second-order valence-corrected chi connectivity index (χ2v) is 2.79. The molecular formula is C6H13N2NaO2S. The van der Waals surface area contributed by atoms with E-state index in [1.807, 2.05) is 0 Å². The van der Waals surface area contributed by atoms with Crippen LogP contribution >= 0.6 is 12.2 Å². The summed E-state index contributed by atoms with van der Waals surface area (Å²) in [5, 5.41) is 8.92. The Balaban J connectivity index is 0. The molecule has 0 aromatic carbocycles. The summed E-state index contributed by atoms with van der Waals surface area (Å²) in [6.07, 6.45) is 0. The van der Waals surface area contributed by atoms with Gasteiger partial charge in [-0.05, 0) is 12.2 Å². The van der Waals surface area contributed by atoms with Gasteiger partial charge in [0.05, 0.1) is 0 Å². The van der Waals surface area contributed by atoms with Crippen molar-refractivity contribution in [1.29, 1.82) is 0 Å². The summed E-state index contributed by atoms with van der Waals surface area (Å²) in [5.74, 6) is -0.878. The van der Waals surface area contributed by atoms with Crippen LogP contribution in [0.1, 0.15) is 0 Å². The number of thiocarbonyl (C=S) groups is 1. The zero-order valence-electron chi connectivity index (χ0n) is 6.87. The predicted octanol–water partition coefficient (Wildman–Crippen LogP) is -0.799. The molecule has 0 atom stereocenters. The van der Waals surface area contributed by atoms with Crippen molar-refractivity contribution in [3.05, 3.63) is 0 Å². The Morgan fingerprint density at radius 2 is 1.83 bits per heavy atom. The van der Waals surface area contributed by atoms with Gasteiger partial charge in [-0.15, -0.1) is 0 Å². The Kier molecular flexibility index (Phi) is 8.13. The summed E-state index contributed by atoms with van der Waals surface area (Å²) >= 11 is 4.91. The fourth-order valence-corrected chi connectivity index (χ4v) is 0.676. The Morgan fingerprint density at radius 3 is 2.08 bits per heavy atom. The molecule has 0 aliphatic rings. The van der Waals surface area contributed by atoms with E-state index in [1.165, 1.54) is 4.90 Å². The average Bonchev–Trinajstić information content (AvgIpc) is 1.84. The zero-order chi connectivity index (χ0) is 9.02. The maximum absolute atomic E-state index is 10.2. The van der Waals surface area contributed by atoms with E-state index in [-0.39, 0.29) is 36.1 Å². The van der Waals surface area contributed by atoms with Crippen molar-refractivity contribution < 1.29 is 9.90 Å². The SMILES string of the molecule is CN(C)C(=S)N(C)CC(=O)O.[NaH]. The van der Waals surface area contributed by atoms with Gasteiger partial charge in [-0.1, -0.05) is 0 Å². The number of carboxylic acid groups (broad SMARTS) is 1. The fourth-order valence-electron chi connectivity index (χ4n) is 0.612. The van der Waals surface area contributed by atoms with E-state index in [1.54, 1.807) is 26.0 Å². The first-order chi connectivity index (χ1) is 4.95. The van der Waals surface area contributed by atoms with Gasteiger partial charge in [0.2, 0.25) is 0 Å². The van der Waals surface area contributed by atoms with E-state index in [4.69, 9.17) is 17.3 Å². The van der Waals surface area contributed by atoms with Crippen molar-refractivity contribution in [3.63, 3.8) is 0 Å². The van der Waals surface area contributed by atoms with Crippen LogP contribution in [0.15, 0.2) is 0 Å². The van der Waals surface area contributed by atoms with E-state index in [0.717, 1.165) is 0 Å². The third-order valence-corrected chi connectivity index (χ3v) is 1.76. The second kappa shape index (κ2) is 6.65. The van der Waals surface area contributed by atoms with Gasteiger partial charge in [0.25, 0.3) is 0 Å². The van der Waals surface area contributed by atoms with Crippen LogP contribution in [0, 0.1) is 0 Å².